The van der Waals surface area contributed by atoms with Gasteiger partial charge in [0.15, 0.2) is 0 Å². The Balaban J connectivity index is 1.58. The Morgan fingerprint density at radius 3 is 2.78 bits per heavy atom. The minimum Gasteiger partial charge on any atom is -0.449 e. The molecule has 1 aliphatic heterocycles. The zero-order valence-electron chi connectivity index (χ0n) is 13.0. The molecule has 23 heavy (non-hydrogen) atoms. The molecule has 2 amide bonds. The molecule has 2 fully saturated rings. The Hall–Kier alpha value is -2.11. The predicted octanol–water partition coefficient (Wildman–Crippen LogP) is 2.42. The molecular formula is C17H21FN2O3. The van der Waals surface area contributed by atoms with Crippen molar-refractivity contribution in [3.63, 3.8) is 0 Å². The second-order valence-electron chi connectivity index (χ2n) is 6.15. The summed E-state index contributed by atoms with van der Waals surface area (Å²) >= 11 is 0. The largest absolute Gasteiger partial charge is 0.449 e. The molecule has 1 aliphatic carbocycles. The molecule has 2 atom stereocenters. The molecular weight excluding hydrogens is 299 g/mol. The van der Waals surface area contributed by atoms with Crippen molar-refractivity contribution in [3.8, 4) is 0 Å². The summed E-state index contributed by atoms with van der Waals surface area (Å²) in [5.74, 6) is -0.216. The van der Waals surface area contributed by atoms with Crippen molar-refractivity contribution < 1.29 is 18.7 Å². The van der Waals surface area contributed by atoms with Crippen LogP contribution in [-0.4, -0.2) is 42.6 Å². The highest BCUT2D eigenvalue weighted by Crippen LogP contribution is 2.34. The zero-order chi connectivity index (χ0) is 16.2. The molecule has 1 saturated heterocycles. The highest BCUT2D eigenvalue weighted by atomic mass is 19.1. The third kappa shape index (κ3) is 3.81. The lowest BCUT2D eigenvalue weighted by Gasteiger charge is -2.27. The molecule has 0 spiro atoms. The molecule has 0 aromatic heterocycles. The highest BCUT2D eigenvalue weighted by molar-refractivity contribution is 5.82. The number of carbonyl (C=O) groups is 2. The van der Waals surface area contributed by atoms with E-state index in [-0.39, 0.29) is 30.2 Å². The van der Waals surface area contributed by atoms with Crippen molar-refractivity contribution in [2.75, 3.05) is 19.7 Å². The van der Waals surface area contributed by atoms with E-state index in [1.54, 1.807) is 12.1 Å². The molecule has 124 valence electrons. The van der Waals surface area contributed by atoms with Gasteiger partial charge in [0.25, 0.3) is 0 Å². The first-order valence-corrected chi connectivity index (χ1v) is 8.10. The van der Waals surface area contributed by atoms with E-state index in [0.717, 1.165) is 31.2 Å². The molecule has 0 bridgehead atoms. The van der Waals surface area contributed by atoms with E-state index in [0.29, 0.717) is 13.2 Å². The van der Waals surface area contributed by atoms with Gasteiger partial charge in [-0.3, -0.25) is 9.69 Å². The number of halogens is 1. The maximum absolute atomic E-state index is 13.1. The number of hydrogen-bond donors (Lipinski definition) is 1. The van der Waals surface area contributed by atoms with Gasteiger partial charge in [-0.1, -0.05) is 18.6 Å². The van der Waals surface area contributed by atoms with Crippen molar-refractivity contribution in [1.29, 1.82) is 0 Å². The van der Waals surface area contributed by atoms with Crippen LogP contribution in [0.15, 0.2) is 24.3 Å². The Kier molecular flexibility index (Phi) is 4.79. The number of rotatable bonds is 4. The summed E-state index contributed by atoms with van der Waals surface area (Å²) in [6.45, 7) is 1.01. The number of hydrogen-bond acceptors (Lipinski definition) is 3. The normalized spacial score (nSPS) is 24.4. The summed E-state index contributed by atoms with van der Waals surface area (Å²) < 4.78 is 18.0. The maximum atomic E-state index is 13.1. The summed E-state index contributed by atoms with van der Waals surface area (Å²) in [6.07, 6.45) is 3.23. The standard InChI is InChI=1S/C17H21FN2O3/c18-13-7-5-12(6-8-13)14-3-1-4-15(14)19-16(21)11-20-9-2-10-23-17(20)22/h5-8,14-15H,1-4,9-11H2,(H,19,21)/t14-,15+/m0/s1. The summed E-state index contributed by atoms with van der Waals surface area (Å²) in [7, 11) is 0. The van der Waals surface area contributed by atoms with Crippen molar-refractivity contribution >= 4 is 12.0 Å². The number of benzene rings is 1. The van der Waals surface area contributed by atoms with Crippen LogP contribution in [0.5, 0.6) is 0 Å². The van der Waals surface area contributed by atoms with Crippen molar-refractivity contribution in [2.24, 2.45) is 0 Å². The smallest absolute Gasteiger partial charge is 0.410 e. The summed E-state index contributed by atoms with van der Waals surface area (Å²) in [5.41, 5.74) is 1.05. The topological polar surface area (TPSA) is 58.6 Å². The molecule has 5 nitrogen and oxygen atoms in total. The van der Waals surface area contributed by atoms with Gasteiger partial charge in [-0.25, -0.2) is 9.18 Å². The Morgan fingerprint density at radius 1 is 1.26 bits per heavy atom. The third-order valence-electron chi connectivity index (χ3n) is 4.55. The zero-order valence-corrected chi connectivity index (χ0v) is 13.0. The summed E-state index contributed by atoms with van der Waals surface area (Å²) in [5, 5.41) is 3.03. The lowest BCUT2D eigenvalue weighted by atomic mass is 9.94. The molecule has 2 aliphatic rings. The molecule has 0 unspecified atom stereocenters. The number of carbonyl (C=O) groups excluding carboxylic acids is 2. The first-order valence-electron chi connectivity index (χ1n) is 8.10. The number of ether oxygens (including phenoxy) is 1. The SMILES string of the molecule is O=C(CN1CCCOC1=O)N[C@@H]1CCC[C@H]1c1ccc(F)cc1. The first kappa shape index (κ1) is 15.8. The van der Waals surface area contributed by atoms with Crippen LogP contribution in [0.25, 0.3) is 0 Å². The van der Waals surface area contributed by atoms with Crippen LogP contribution < -0.4 is 5.32 Å². The lowest BCUT2D eigenvalue weighted by Crippen LogP contribution is -2.47. The maximum Gasteiger partial charge on any atom is 0.410 e. The number of cyclic esters (lactones) is 1. The van der Waals surface area contributed by atoms with Gasteiger partial charge in [0.1, 0.15) is 12.4 Å². The van der Waals surface area contributed by atoms with Crippen molar-refractivity contribution in [3.05, 3.63) is 35.6 Å². The third-order valence-corrected chi connectivity index (χ3v) is 4.55. The molecule has 1 aromatic rings. The number of nitrogens with one attached hydrogen (secondary N) is 1. The fourth-order valence-corrected chi connectivity index (χ4v) is 3.41. The van der Waals surface area contributed by atoms with E-state index in [1.807, 2.05) is 0 Å². The van der Waals surface area contributed by atoms with Crippen LogP contribution >= 0.6 is 0 Å². The van der Waals surface area contributed by atoms with Gasteiger partial charge in [-0.2, -0.15) is 0 Å². The van der Waals surface area contributed by atoms with Crippen LogP contribution in [0.1, 0.15) is 37.2 Å². The molecule has 1 N–H and O–H groups in total. The van der Waals surface area contributed by atoms with Gasteiger partial charge in [-0.05, 0) is 37.0 Å². The van der Waals surface area contributed by atoms with Gasteiger partial charge >= 0.3 is 6.09 Å². The van der Waals surface area contributed by atoms with E-state index in [4.69, 9.17) is 4.74 Å². The molecule has 1 heterocycles. The van der Waals surface area contributed by atoms with E-state index in [1.165, 1.54) is 17.0 Å². The van der Waals surface area contributed by atoms with Gasteiger partial charge in [-0.15, -0.1) is 0 Å². The second-order valence-corrected chi connectivity index (χ2v) is 6.15. The molecule has 1 aromatic carbocycles. The molecule has 6 heteroatoms. The Bertz CT molecular complexity index is 576. The van der Waals surface area contributed by atoms with Crippen LogP contribution in [0, 0.1) is 5.82 Å². The molecule has 3 rings (SSSR count). The molecule has 0 radical (unpaired) electrons. The van der Waals surface area contributed by atoms with E-state index >= 15 is 0 Å². The van der Waals surface area contributed by atoms with Crippen LogP contribution in [0.4, 0.5) is 9.18 Å². The lowest BCUT2D eigenvalue weighted by molar-refractivity contribution is -0.123. The van der Waals surface area contributed by atoms with Gasteiger partial charge in [0.05, 0.1) is 6.61 Å². The van der Waals surface area contributed by atoms with Crippen molar-refractivity contribution in [2.45, 2.75) is 37.6 Å². The number of amides is 2. The van der Waals surface area contributed by atoms with E-state index in [9.17, 15) is 14.0 Å². The Labute approximate surface area is 134 Å². The van der Waals surface area contributed by atoms with E-state index in [2.05, 4.69) is 5.32 Å². The first-order chi connectivity index (χ1) is 11.1. The quantitative estimate of drug-likeness (QED) is 0.927. The predicted molar refractivity (Wildman–Crippen MR) is 82.5 cm³/mol. The monoisotopic (exact) mass is 320 g/mol. The minimum absolute atomic E-state index is 0.0332. The van der Waals surface area contributed by atoms with Crippen LogP contribution in [-0.2, 0) is 9.53 Å². The van der Waals surface area contributed by atoms with Crippen molar-refractivity contribution in [1.82, 2.24) is 10.2 Å². The fraction of sp³-hybridized carbons (Fsp3) is 0.529. The summed E-state index contributed by atoms with van der Waals surface area (Å²) in [6, 6.07) is 6.51. The van der Waals surface area contributed by atoms with Gasteiger partial charge in [0.2, 0.25) is 5.91 Å². The second kappa shape index (κ2) is 6.98. The average Bonchev–Trinajstić information content (AvgIpc) is 2.98. The average molecular weight is 320 g/mol. The highest BCUT2D eigenvalue weighted by Gasteiger charge is 2.31. The van der Waals surface area contributed by atoms with Gasteiger partial charge < -0.3 is 10.1 Å². The fourth-order valence-electron chi connectivity index (χ4n) is 3.41. The number of nitrogens with zero attached hydrogens (tertiary/aromatic N) is 1. The minimum atomic E-state index is -0.423. The van der Waals surface area contributed by atoms with E-state index < -0.39 is 6.09 Å². The van der Waals surface area contributed by atoms with Crippen LogP contribution in [0.3, 0.4) is 0 Å². The van der Waals surface area contributed by atoms with Gasteiger partial charge in [0, 0.05) is 18.5 Å². The molecule has 1 saturated carbocycles. The summed E-state index contributed by atoms with van der Waals surface area (Å²) in [4.78, 5) is 25.2. The Morgan fingerprint density at radius 2 is 2.04 bits per heavy atom. The van der Waals surface area contributed by atoms with Crippen LogP contribution in [0.2, 0.25) is 0 Å².